The fourth-order valence-corrected chi connectivity index (χ4v) is 7.54. The lowest BCUT2D eigenvalue weighted by Gasteiger charge is -2.49. The predicted octanol–water partition coefficient (Wildman–Crippen LogP) is 6.63. The van der Waals surface area contributed by atoms with Crippen LogP contribution < -0.4 is 9.64 Å². The topological polar surface area (TPSA) is 65.9 Å². The summed E-state index contributed by atoms with van der Waals surface area (Å²) < 4.78 is 7.32. The van der Waals surface area contributed by atoms with Gasteiger partial charge in [0.15, 0.2) is 5.13 Å². The number of ether oxygens (including phenoxy) is 1. The number of likely N-dealkylation sites (tertiary alicyclic amines) is 1. The summed E-state index contributed by atoms with van der Waals surface area (Å²) >= 11 is 14.2. The van der Waals surface area contributed by atoms with Crippen LogP contribution in [0.5, 0.6) is 5.75 Å². The molecule has 1 N–H and O–H groups in total. The van der Waals surface area contributed by atoms with Gasteiger partial charge in [-0.3, -0.25) is 4.79 Å². The third-order valence-electron chi connectivity index (χ3n) is 8.11. The molecule has 2 aliphatic heterocycles. The van der Waals surface area contributed by atoms with Crippen LogP contribution in [0.3, 0.4) is 0 Å². The van der Waals surface area contributed by atoms with E-state index in [1.807, 2.05) is 18.2 Å². The summed E-state index contributed by atoms with van der Waals surface area (Å²) in [5.41, 5.74) is 1.89. The number of carboxylic acid groups (broad SMARTS) is 1. The van der Waals surface area contributed by atoms with Crippen molar-refractivity contribution >= 4 is 55.9 Å². The number of hydrogen-bond acceptors (Lipinski definition) is 6. The molecule has 2 aromatic carbocycles. The van der Waals surface area contributed by atoms with Gasteiger partial charge in [-0.15, -0.1) is 0 Å². The van der Waals surface area contributed by atoms with E-state index in [0.717, 1.165) is 65.8 Å². The first kappa shape index (κ1) is 26.5. The number of halogens is 2. The van der Waals surface area contributed by atoms with Gasteiger partial charge in [-0.1, -0.05) is 34.5 Å². The normalized spacial score (nSPS) is 18.8. The number of aliphatic carboxylic acids is 1. The van der Waals surface area contributed by atoms with Crippen molar-refractivity contribution in [3.63, 3.8) is 0 Å². The zero-order valence-corrected chi connectivity index (χ0v) is 23.4. The number of carboxylic acids is 1. The van der Waals surface area contributed by atoms with E-state index in [1.165, 1.54) is 12.8 Å². The maximum Gasteiger partial charge on any atom is 0.307 e. The summed E-state index contributed by atoms with van der Waals surface area (Å²) in [5, 5.41) is 11.5. The number of aromatic nitrogens is 1. The Morgan fingerprint density at radius 2 is 1.86 bits per heavy atom. The molecule has 2 aliphatic rings. The monoisotopic (exact) mass is 561 g/mol. The van der Waals surface area contributed by atoms with Crippen molar-refractivity contribution in [2.75, 3.05) is 44.7 Å². The molecule has 0 aliphatic carbocycles. The molecule has 9 heteroatoms. The minimum absolute atomic E-state index is 0.0652. The molecular weight excluding hydrogens is 529 g/mol. The summed E-state index contributed by atoms with van der Waals surface area (Å²) in [6.45, 7) is 4.85. The third-order valence-corrected chi connectivity index (χ3v) is 9.64. The van der Waals surface area contributed by atoms with Crippen LogP contribution in [0.2, 0.25) is 10.0 Å². The van der Waals surface area contributed by atoms with Gasteiger partial charge in [0.2, 0.25) is 0 Å². The Morgan fingerprint density at radius 1 is 1.11 bits per heavy atom. The highest BCUT2D eigenvalue weighted by molar-refractivity contribution is 7.22. The second-order valence-corrected chi connectivity index (χ2v) is 12.4. The third kappa shape index (κ3) is 6.33. The maximum atomic E-state index is 11.1. The number of carbonyl (C=O) groups is 1. The molecule has 0 amide bonds. The molecule has 0 bridgehead atoms. The standard InChI is InChI=1S/C28H33Cl2N3O3S/c1-32-9-4-20(5-10-32)28(8-13-36-23-15-19(16-26(34)35)14-22(30)17-23)6-11-33(12-7-28)27-31-24-3-2-21(29)18-25(24)37-27/h2-3,14-15,17-18,20H,4-13,16H2,1H3,(H,34,35). The van der Waals surface area contributed by atoms with Crippen molar-refractivity contribution < 1.29 is 14.6 Å². The lowest BCUT2D eigenvalue weighted by molar-refractivity contribution is -0.136. The Kier molecular flexibility index (Phi) is 8.15. The fraction of sp³-hybridized carbons (Fsp3) is 0.500. The first-order valence-electron chi connectivity index (χ1n) is 12.9. The van der Waals surface area contributed by atoms with Gasteiger partial charge in [-0.05, 0) is 106 Å². The minimum atomic E-state index is -0.877. The largest absolute Gasteiger partial charge is 0.494 e. The first-order valence-corrected chi connectivity index (χ1v) is 14.5. The van der Waals surface area contributed by atoms with Crippen molar-refractivity contribution in [2.45, 2.75) is 38.5 Å². The quantitative estimate of drug-likeness (QED) is 0.333. The zero-order chi connectivity index (χ0) is 26.0. The SMILES string of the molecule is CN1CCC(C2(CCOc3cc(Cl)cc(CC(=O)O)c3)CCN(c3nc4ccc(Cl)cc4s3)CC2)CC1. The predicted molar refractivity (Wildman–Crippen MR) is 152 cm³/mol. The summed E-state index contributed by atoms with van der Waals surface area (Å²) in [6, 6.07) is 11.2. The van der Waals surface area contributed by atoms with Crippen LogP contribution in [-0.2, 0) is 11.2 Å². The number of fused-ring (bicyclic) bond motifs is 1. The molecule has 1 aromatic heterocycles. The van der Waals surface area contributed by atoms with Gasteiger partial charge in [0.25, 0.3) is 0 Å². The highest BCUT2D eigenvalue weighted by Gasteiger charge is 2.42. The van der Waals surface area contributed by atoms with Crippen LogP contribution in [0.1, 0.15) is 37.7 Å². The Hall–Kier alpha value is -2.06. The summed E-state index contributed by atoms with van der Waals surface area (Å²) in [7, 11) is 2.21. The number of nitrogens with zero attached hydrogens (tertiary/aromatic N) is 3. The summed E-state index contributed by atoms with van der Waals surface area (Å²) in [4.78, 5) is 20.9. The van der Waals surface area contributed by atoms with Crippen LogP contribution in [0.4, 0.5) is 5.13 Å². The summed E-state index contributed by atoms with van der Waals surface area (Å²) in [5.74, 6) is 0.441. The maximum absolute atomic E-state index is 11.1. The molecule has 198 valence electrons. The molecule has 0 atom stereocenters. The highest BCUT2D eigenvalue weighted by atomic mass is 35.5. The molecule has 2 saturated heterocycles. The second-order valence-electron chi connectivity index (χ2n) is 10.5. The molecule has 0 radical (unpaired) electrons. The van der Waals surface area contributed by atoms with E-state index in [2.05, 4.69) is 16.8 Å². The number of anilines is 1. The number of hydrogen-bond donors (Lipinski definition) is 1. The molecule has 3 aromatic rings. The Labute approximate surface area is 232 Å². The van der Waals surface area contributed by atoms with Crippen molar-refractivity contribution in [1.82, 2.24) is 9.88 Å². The lowest BCUT2D eigenvalue weighted by atomic mass is 9.63. The van der Waals surface area contributed by atoms with Gasteiger partial charge in [0.05, 0.1) is 23.2 Å². The van der Waals surface area contributed by atoms with E-state index < -0.39 is 5.97 Å². The second kappa shape index (κ2) is 11.4. The molecule has 0 unspecified atom stereocenters. The van der Waals surface area contributed by atoms with Gasteiger partial charge >= 0.3 is 5.97 Å². The number of thiazole rings is 1. The van der Waals surface area contributed by atoms with E-state index in [0.29, 0.717) is 28.9 Å². The zero-order valence-electron chi connectivity index (χ0n) is 21.1. The molecule has 0 saturated carbocycles. The van der Waals surface area contributed by atoms with Crippen molar-refractivity contribution in [3.8, 4) is 5.75 Å². The fourth-order valence-electron chi connectivity index (χ4n) is 6.00. The van der Waals surface area contributed by atoms with E-state index in [9.17, 15) is 4.79 Å². The van der Waals surface area contributed by atoms with Crippen LogP contribution >= 0.6 is 34.5 Å². The Bertz CT molecular complexity index is 1250. The van der Waals surface area contributed by atoms with Crippen LogP contribution in [0, 0.1) is 11.3 Å². The molecule has 6 nitrogen and oxygen atoms in total. The lowest BCUT2D eigenvalue weighted by Crippen LogP contribution is -2.47. The smallest absolute Gasteiger partial charge is 0.307 e. The molecule has 37 heavy (non-hydrogen) atoms. The minimum Gasteiger partial charge on any atom is -0.494 e. The Morgan fingerprint density at radius 3 is 2.59 bits per heavy atom. The molecule has 3 heterocycles. The number of rotatable bonds is 8. The molecule has 5 rings (SSSR count). The first-order chi connectivity index (χ1) is 17.8. The van der Waals surface area contributed by atoms with Crippen LogP contribution in [0.25, 0.3) is 10.2 Å². The van der Waals surface area contributed by atoms with E-state index >= 15 is 0 Å². The van der Waals surface area contributed by atoms with Gasteiger partial charge < -0.3 is 19.6 Å². The van der Waals surface area contributed by atoms with E-state index in [1.54, 1.807) is 29.5 Å². The van der Waals surface area contributed by atoms with Crippen LogP contribution in [0.15, 0.2) is 36.4 Å². The number of piperidine rings is 2. The van der Waals surface area contributed by atoms with Crippen molar-refractivity contribution in [3.05, 3.63) is 52.0 Å². The molecule has 0 spiro atoms. The van der Waals surface area contributed by atoms with Gasteiger partial charge in [-0.2, -0.15) is 0 Å². The van der Waals surface area contributed by atoms with Crippen molar-refractivity contribution in [2.24, 2.45) is 11.3 Å². The Balaban J connectivity index is 1.28. The average molecular weight is 563 g/mol. The van der Waals surface area contributed by atoms with Crippen LogP contribution in [-0.4, -0.2) is 60.8 Å². The van der Waals surface area contributed by atoms with Crippen molar-refractivity contribution in [1.29, 1.82) is 0 Å². The summed E-state index contributed by atoms with van der Waals surface area (Å²) in [6.07, 6.45) is 5.57. The molecular formula is C28H33Cl2N3O3S. The average Bonchev–Trinajstić information content (AvgIpc) is 3.27. The highest BCUT2D eigenvalue weighted by Crippen LogP contribution is 2.47. The van der Waals surface area contributed by atoms with Gasteiger partial charge in [0, 0.05) is 23.1 Å². The van der Waals surface area contributed by atoms with E-state index in [-0.39, 0.29) is 11.8 Å². The van der Waals surface area contributed by atoms with Gasteiger partial charge in [0.1, 0.15) is 5.75 Å². The van der Waals surface area contributed by atoms with E-state index in [4.69, 9.17) is 38.0 Å². The van der Waals surface area contributed by atoms with Gasteiger partial charge in [-0.25, -0.2) is 4.98 Å². The number of benzene rings is 2. The molecule has 2 fully saturated rings.